The zero-order chi connectivity index (χ0) is 15.6. The molecule has 1 N–H and O–H groups in total. The van der Waals surface area contributed by atoms with Crippen LogP contribution in [0.4, 0.5) is 0 Å². The highest BCUT2D eigenvalue weighted by Gasteiger charge is 2.23. The van der Waals surface area contributed by atoms with Crippen LogP contribution in [0.25, 0.3) is 0 Å². The summed E-state index contributed by atoms with van der Waals surface area (Å²) in [6, 6.07) is 7.59. The number of benzene rings is 1. The van der Waals surface area contributed by atoms with E-state index in [4.69, 9.17) is 4.74 Å². The van der Waals surface area contributed by atoms with E-state index in [-0.39, 0.29) is 11.5 Å². The Bertz CT molecular complexity index is 599. The summed E-state index contributed by atoms with van der Waals surface area (Å²) < 4.78 is 5.78. The van der Waals surface area contributed by atoms with Gasteiger partial charge in [-0.3, -0.25) is 0 Å². The van der Waals surface area contributed by atoms with Crippen molar-refractivity contribution in [2.45, 2.75) is 52.2 Å². The summed E-state index contributed by atoms with van der Waals surface area (Å²) in [7, 11) is 0. The van der Waals surface area contributed by atoms with Crippen LogP contribution >= 0.6 is 11.3 Å². The number of nitrogens with zero attached hydrogens (tertiary/aromatic N) is 1. The lowest BCUT2D eigenvalue weighted by Crippen LogP contribution is -2.12. The Balaban J connectivity index is 2.32. The number of aliphatic hydroxyl groups excluding tert-OH is 1. The minimum atomic E-state index is -0.757. The first-order chi connectivity index (χ1) is 9.79. The van der Waals surface area contributed by atoms with E-state index in [0.717, 1.165) is 10.6 Å². The summed E-state index contributed by atoms with van der Waals surface area (Å²) in [5, 5.41) is 13.6. The zero-order valence-electron chi connectivity index (χ0n) is 13.3. The van der Waals surface area contributed by atoms with E-state index in [2.05, 4.69) is 25.8 Å². The lowest BCUT2D eigenvalue weighted by molar-refractivity contribution is 0.195. The van der Waals surface area contributed by atoms with Crippen LogP contribution in [-0.4, -0.2) is 16.2 Å². The van der Waals surface area contributed by atoms with Crippen molar-refractivity contribution in [3.05, 3.63) is 45.9 Å². The first kappa shape index (κ1) is 16.0. The molecule has 0 bridgehead atoms. The Hall–Kier alpha value is -1.39. The van der Waals surface area contributed by atoms with Crippen LogP contribution in [-0.2, 0) is 5.41 Å². The summed E-state index contributed by atoms with van der Waals surface area (Å²) in [6.07, 6.45) is -0.689. The topological polar surface area (TPSA) is 42.4 Å². The maximum Gasteiger partial charge on any atom is 0.125 e. The molecule has 0 saturated carbocycles. The molecule has 21 heavy (non-hydrogen) atoms. The average Bonchev–Trinajstić information content (AvgIpc) is 2.87. The number of rotatable bonds is 4. The smallest absolute Gasteiger partial charge is 0.125 e. The third-order valence-corrected chi connectivity index (χ3v) is 4.31. The molecule has 0 saturated heterocycles. The number of aromatic nitrogens is 1. The van der Waals surface area contributed by atoms with Gasteiger partial charge in [0.2, 0.25) is 0 Å². The van der Waals surface area contributed by atoms with Gasteiger partial charge in [0.25, 0.3) is 0 Å². The molecule has 0 spiro atoms. The number of para-hydroxylation sites is 1. The van der Waals surface area contributed by atoms with Crippen molar-refractivity contribution >= 4 is 11.3 Å². The van der Waals surface area contributed by atoms with Crippen molar-refractivity contribution in [1.82, 2.24) is 4.98 Å². The zero-order valence-corrected chi connectivity index (χ0v) is 14.1. The van der Waals surface area contributed by atoms with Gasteiger partial charge in [0.1, 0.15) is 11.9 Å². The van der Waals surface area contributed by atoms with Gasteiger partial charge in [-0.15, -0.1) is 11.3 Å². The highest BCUT2D eigenvalue weighted by atomic mass is 32.1. The Kier molecular flexibility index (Phi) is 4.69. The highest BCUT2D eigenvalue weighted by molar-refractivity contribution is 7.09. The molecule has 1 heterocycles. The normalized spacial score (nSPS) is 13.5. The molecule has 0 aliphatic rings. The Morgan fingerprint density at radius 2 is 1.86 bits per heavy atom. The molecule has 1 aromatic carbocycles. The molecule has 0 amide bonds. The molecule has 1 atom stereocenters. The maximum absolute atomic E-state index is 10.6. The Morgan fingerprint density at radius 1 is 1.19 bits per heavy atom. The minimum absolute atomic E-state index is 0.00339. The van der Waals surface area contributed by atoms with Gasteiger partial charge in [-0.1, -0.05) is 39.0 Å². The van der Waals surface area contributed by atoms with Gasteiger partial charge >= 0.3 is 0 Å². The van der Waals surface area contributed by atoms with Crippen molar-refractivity contribution in [1.29, 1.82) is 0 Å². The van der Waals surface area contributed by atoms with Crippen molar-refractivity contribution in [2.75, 3.05) is 0 Å². The highest BCUT2D eigenvalue weighted by Crippen LogP contribution is 2.33. The van der Waals surface area contributed by atoms with E-state index >= 15 is 0 Å². The summed E-state index contributed by atoms with van der Waals surface area (Å²) in [5.41, 5.74) is 1.44. The number of aliphatic hydroxyl groups is 1. The van der Waals surface area contributed by atoms with Gasteiger partial charge in [0.15, 0.2) is 0 Å². The van der Waals surface area contributed by atoms with Crippen LogP contribution in [0.5, 0.6) is 5.75 Å². The van der Waals surface area contributed by atoms with Gasteiger partial charge in [0, 0.05) is 16.4 Å². The van der Waals surface area contributed by atoms with Gasteiger partial charge in [-0.05, 0) is 19.9 Å². The second kappa shape index (κ2) is 6.16. The number of ether oxygens (including phenoxy) is 1. The third kappa shape index (κ3) is 3.83. The molecule has 0 fully saturated rings. The van der Waals surface area contributed by atoms with E-state index in [1.807, 2.05) is 43.5 Å². The van der Waals surface area contributed by atoms with Crippen LogP contribution in [0.3, 0.4) is 0 Å². The average molecular weight is 305 g/mol. The fraction of sp³-hybridized carbons (Fsp3) is 0.471. The van der Waals surface area contributed by atoms with E-state index in [9.17, 15) is 5.11 Å². The fourth-order valence-electron chi connectivity index (χ4n) is 1.98. The first-order valence-electron chi connectivity index (χ1n) is 7.18. The number of hydrogen-bond donors (Lipinski definition) is 1. The molecule has 1 aromatic heterocycles. The molecule has 3 nitrogen and oxygen atoms in total. The molecule has 2 rings (SSSR count). The lowest BCUT2D eigenvalue weighted by atomic mass is 9.98. The first-order valence-corrected chi connectivity index (χ1v) is 8.06. The predicted molar refractivity (Wildman–Crippen MR) is 87.1 cm³/mol. The molecule has 4 heteroatoms. The van der Waals surface area contributed by atoms with Crippen LogP contribution in [0.1, 0.15) is 57.0 Å². The largest absolute Gasteiger partial charge is 0.491 e. The fourth-order valence-corrected chi connectivity index (χ4v) is 2.91. The van der Waals surface area contributed by atoms with Crippen molar-refractivity contribution in [3.8, 4) is 5.75 Å². The van der Waals surface area contributed by atoms with Crippen LogP contribution in [0.2, 0.25) is 0 Å². The second-order valence-electron chi connectivity index (χ2n) is 6.43. The maximum atomic E-state index is 10.6. The Morgan fingerprint density at radius 3 is 2.43 bits per heavy atom. The molecule has 1 unspecified atom stereocenters. The van der Waals surface area contributed by atoms with E-state index in [1.165, 1.54) is 0 Å². The van der Waals surface area contributed by atoms with E-state index in [1.54, 1.807) is 11.3 Å². The monoisotopic (exact) mass is 305 g/mol. The van der Waals surface area contributed by atoms with Crippen LogP contribution < -0.4 is 4.74 Å². The van der Waals surface area contributed by atoms with Gasteiger partial charge in [-0.25, -0.2) is 4.98 Å². The number of hydrogen-bond acceptors (Lipinski definition) is 4. The SMILES string of the molecule is CC(C)Oc1ccccc1C(O)c1csc(C(C)(C)C)n1. The third-order valence-electron chi connectivity index (χ3n) is 3.02. The lowest BCUT2D eigenvalue weighted by Gasteiger charge is -2.17. The molecule has 0 aliphatic heterocycles. The molecule has 114 valence electrons. The summed E-state index contributed by atoms with van der Waals surface area (Å²) in [6.45, 7) is 10.3. The van der Waals surface area contributed by atoms with Crippen LogP contribution in [0.15, 0.2) is 29.6 Å². The van der Waals surface area contributed by atoms with Crippen molar-refractivity contribution in [2.24, 2.45) is 0 Å². The summed E-state index contributed by atoms with van der Waals surface area (Å²) in [5.74, 6) is 0.713. The second-order valence-corrected chi connectivity index (χ2v) is 7.29. The van der Waals surface area contributed by atoms with Crippen LogP contribution in [0, 0.1) is 0 Å². The quantitative estimate of drug-likeness (QED) is 0.915. The Labute approximate surface area is 130 Å². The van der Waals surface area contributed by atoms with Gasteiger partial charge in [0.05, 0.1) is 16.8 Å². The summed E-state index contributed by atoms with van der Waals surface area (Å²) in [4.78, 5) is 4.59. The minimum Gasteiger partial charge on any atom is -0.491 e. The van der Waals surface area contributed by atoms with Gasteiger partial charge < -0.3 is 9.84 Å². The van der Waals surface area contributed by atoms with E-state index < -0.39 is 6.10 Å². The van der Waals surface area contributed by atoms with Crippen molar-refractivity contribution in [3.63, 3.8) is 0 Å². The molecule has 0 radical (unpaired) electrons. The van der Waals surface area contributed by atoms with E-state index in [0.29, 0.717) is 11.4 Å². The predicted octanol–water partition coefficient (Wildman–Crippen LogP) is 4.31. The van der Waals surface area contributed by atoms with Crippen molar-refractivity contribution < 1.29 is 9.84 Å². The standard InChI is InChI=1S/C17H23NO2S/c1-11(2)20-14-9-7-6-8-12(14)15(19)13-10-21-16(18-13)17(3,4)5/h6-11,15,19H,1-5H3. The summed E-state index contributed by atoms with van der Waals surface area (Å²) >= 11 is 1.59. The molecular formula is C17H23NO2S. The molecular weight excluding hydrogens is 282 g/mol. The number of thiazole rings is 1. The molecule has 0 aliphatic carbocycles. The molecule has 2 aromatic rings. The van der Waals surface area contributed by atoms with Gasteiger partial charge in [-0.2, -0.15) is 0 Å².